The predicted molar refractivity (Wildman–Crippen MR) is 149 cm³/mol. The molecule has 0 saturated carbocycles. The Hall–Kier alpha value is -4.28. The molecule has 0 unspecified atom stereocenters. The second-order valence-corrected chi connectivity index (χ2v) is 9.29. The first-order chi connectivity index (χ1) is 18.5. The lowest BCUT2D eigenvalue weighted by Gasteiger charge is -2.09. The summed E-state index contributed by atoms with van der Waals surface area (Å²) in [6.07, 6.45) is 1.70. The number of carbonyl (C=O) groups excluding carboxylic acids is 2. The number of thioether (sulfide) groups is 1. The van der Waals surface area contributed by atoms with Crippen LogP contribution in [0.5, 0.6) is 0 Å². The van der Waals surface area contributed by atoms with Crippen LogP contribution in [0.2, 0.25) is 5.02 Å². The Morgan fingerprint density at radius 2 is 1.71 bits per heavy atom. The highest BCUT2D eigenvalue weighted by Gasteiger charge is 2.15. The van der Waals surface area contributed by atoms with Gasteiger partial charge in [0.05, 0.1) is 23.7 Å². The molecule has 0 aliphatic carbocycles. The Morgan fingerprint density at radius 1 is 0.974 bits per heavy atom. The monoisotopic (exact) mass is 545 g/mol. The molecule has 0 spiro atoms. The molecule has 0 atom stereocenters. The summed E-state index contributed by atoms with van der Waals surface area (Å²) < 4.78 is 1.80. The second kappa shape index (κ2) is 13.3. The lowest BCUT2D eigenvalue weighted by atomic mass is 10.2. The van der Waals surface area contributed by atoms with Crippen LogP contribution in [0.4, 0.5) is 17.1 Å². The fourth-order valence-electron chi connectivity index (χ4n) is 3.31. The van der Waals surface area contributed by atoms with Gasteiger partial charge in [0.2, 0.25) is 5.91 Å². The van der Waals surface area contributed by atoms with Gasteiger partial charge in [-0.3, -0.25) is 9.59 Å². The summed E-state index contributed by atoms with van der Waals surface area (Å²) in [6, 6.07) is 23.2. The van der Waals surface area contributed by atoms with Crippen molar-refractivity contribution in [3.8, 4) is 0 Å². The smallest absolute Gasteiger partial charge is 0.251 e. The summed E-state index contributed by atoms with van der Waals surface area (Å²) >= 11 is 7.21. The van der Waals surface area contributed by atoms with Crippen LogP contribution in [-0.2, 0) is 17.9 Å². The van der Waals surface area contributed by atoms with Gasteiger partial charge >= 0.3 is 0 Å². The fourth-order valence-corrected chi connectivity index (χ4v) is 4.27. The molecule has 2 amide bonds. The lowest BCUT2D eigenvalue weighted by molar-refractivity contribution is -0.113. The Labute approximate surface area is 229 Å². The number of anilines is 1. The standard InChI is InChI=1S/C27H24ClN7O2S/c1-2-15-35-24(17-29-26(37)19-7-6-8-20(28)16-19)33-34-27(35)38-18-25(36)30-21-11-13-23(14-12-21)32-31-22-9-4-3-5-10-22/h2-14,16H,1,15,17-18H2,(H,29,37)(H,30,36). The average molecular weight is 546 g/mol. The number of hydrogen-bond acceptors (Lipinski definition) is 7. The normalized spacial score (nSPS) is 10.9. The molecule has 4 rings (SSSR count). The molecule has 3 aromatic carbocycles. The molecule has 38 heavy (non-hydrogen) atoms. The highest BCUT2D eigenvalue weighted by Crippen LogP contribution is 2.21. The van der Waals surface area contributed by atoms with E-state index >= 15 is 0 Å². The largest absolute Gasteiger partial charge is 0.345 e. The summed E-state index contributed by atoms with van der Waals surface area (Å²) in [5.41, 5.74) is 2.53. The van der Waals surface area contributed by atoms with Gasteiger partial charge in [-0.2, -0.15) is 10.2 Å². The van der Waals surface area contributed by atoms with Crippen LogP contribution in [0.3, 0.4) is 0 Å². The molecule has 0 saturated heterocycles. The third-order valence-corrected chi connectivity index (χ3v) is 6.32. The van der Waals surface area contributed by atoms with Crippen LogP contribution < -0.4 is 10.6 Å². The molecule has 0 radical (unpaired) electrons. The summed E-state index contributed by atoms with van der Waals surface area (Å²) in [7, 11) is 0. The van der Waals surface area contributed by atoms with Gasteiger partial charge in [0.1, 0.15) is 0 Å². The first-order valence-corrected chi connectivity index (χ1v) is 12.9. The molecule has 2 N–H and O–H groups in total. The van der Waals surface area contributed by atoms with Crippen molar-refractivity contribution >= 4 is 52.2 Å². The minimum atomic E-state index is -0.276. The van der Waals surface area contributed by atoms with E-state index in [4.69, 9.17) is 11.6 Å². The van der Waals surface area contributed by atoms with Crippen molar-refractivity contribution in [2.24, 2.45) is 10.2 Å². The Bertz CT molecular complexity index is 1440. The van der Waals surface area contributed by atoms with Crippen molar-refractivity contribution in [3.63, 3.8) is 0 Å². The van der Waals surface area contributed by atoms with Gasteiger partial charge in [0, 0.05) is 22.8 Å². The Balaban J connectivity index is 1.30. The van der Waals surface area contributed by atoms with E-state index in [1.165, 1.54) is 11.8 Å². The molecular weight excluding hydrogens is 522 g/mol. The second-order valence-electron chi connectivity index (χ2n) is 7.91. The summed E-state index contributed by atoms with van der Waals surface area (Å²) in [4.78, 5) is 25.0. The van der Waals surface area contributed by atoms with Gasteiger partial charge in [-0.1, -0.05) is 53.7 Å². The highest BCUT2D eigenvalue weighted by molar-refractivity contribution is 7.99. The predicted octanol–water partition coefficient (Wildman–Crippen LogP) is 6.19. The highest BCUT2D eigenvalue weighted by atomic mass is 35.5. The van der Waals surface area contributed by atoms with Crippen LogP contribution in [-0.4, -0.2) is 32.3 Å². The molecule has 0 fully saturated rings. The molecule has 1 aromatic heterocycles. The molecule has 1 heterocycles. The van der Waals surface area contributed by atoms with Crippen molar-refractivity contribution in [3.05, 3.63) is 108 Å². The van der Waals surface area contributed by atoms with E-state index in [2.05, 4.69) is 37.6 Å². The minimum absolute atomic E-state index is 0.125. The number of azo groups is 1. The zero-order valence-corrected chi connectivity index (χ0v) is 21.8. The quantitative estimate of drug-likeness (QED) is 0.132. The van der Waals surface area contributed by atoms with E-state index in [1.807, 2.05) is 30.3 Å². The number of nitrogens with one attached hydrogen (secondary N) is 2. The maximum absolute atomic E-state index is 12.5. The van der Waals surface area contributed by atoms with Crippen LogP contribution in [0.1, 0.15) is 16.2 Å². The third kappa shape index (κ3) is 7.61. The van der Waals surface area contributed by atoms with Gasteiger partial charge < -0.3 is 15.2 Å². The molecule has 4 aromatic rings. The van der Waals surface area contributed by atoms with Crippen LogP contribution in [0.25, 0.3) is 0 Å². The van der Waals surface area contributed by atoms with E-state index in [0.29, 0.717) is 39.5 Å². The maximum atomic E-state index is 12.5. The lowest BCUT2D eigenvalue weighted by Crippen LogP contribution is -2.24. The number of carbonyl (C=O) groups is 2. The van der Waals surface area contributed by atoms with Crippen molar-refractivity contribution in [1.29, 1.82) is 0 Å². The number of nitrogens with zero attached hydrogens (tertiary/aromatic N) is 5. The SMILES string of the molecule is C=CCn1c(CNC(=O)c2cccc(Cl)c2)nnc1SCC(=O)Nc1ccc(N=Nc2ccccc2)cc1. The maximum Gasteiger partial charge on any atom is 0.251 e. The number of allylic oxidation sites excluding steroid dienone is 1. The number of aromatic nitrogens is 3. The number of hydrogen-bond donors (Lipinski definition) is 2. The summed E-state index contributed by atoms with van der Waals surface area (Å²) in [5, 5.41) is 23.4. The zero-order chi connectivity index (χ0) is 26.7. The van der Waals surface area contributed by atoms with Gasteiger partial charge in [-0.05, 0) is 54.6 Å². The van der Waals surface area contributed by atoms with E-state index in [9.17, 15) is 9.59 Å². The first kappa shape index (κ1) is 26.8. The number of halogens is 1. The van der Waals surface area contributed by atoms with Crippen molar-refractivity contribution < 1.29 is 9.59 Å². The fraction of sp³-hybridized carbons (Fsp3) is 0.111. The van der Waals surface area contributed by atoms with Crippen LogP contribution in [0.15, 0.2) is 107 Å². The molecular formula is C27H24ClN7O2S. The first-order valence-electron chi connectivity index (χ1n) is 11.6. The molecule has 0 aliphatic rings. The zero-order valence-electron chi connectivity index (χ0n) is 20.3. The van der Waals surface area contributed by atoms with Crippen LogP contribution in [0, 0.1) is 0 Å². The Morgan fingerprint density at radius 3 is 2.42 bits per heavy atom. The van der Waals surface area contributed by atoms with Gasteiger partial charge in [0.15, 0.2) is 11.0 Å². The number of rotatable bonds is 11. The number of amides is 2. The van der Waals surface area contributed by atoms with E-state index in [-0.39, 0.29) is 24.1 Å². The molecule has 0 aliphatic heterocycles. The van der Waals surface area contributed by atoms with Gasteiger partial charge in [0.25, 0.3) is 5.91 Å². The topological polar surface area (TPSA) is 114 Å². The van der Waals surface area contributed by atoms with E-state index in [0.717, 1.165) is 5.69 Å². The molecule has 192 valence electrons. The summed E-state index contributed by atoms with van der Waals surface area (Å²) in [5.74, 6) is 0.197. The third-order valence-electron chi connectivity index (χ3n) is 5.12. The van der Waals surface area contributed by atoms with E-state index < -0.39 is 0 Å². The average Bonchev–Trinajstić information content (AvgIpc) is 3.32. The van der Waals surface area contributed by atoms with Crippen molar-refractivity contribution in [1.82, 2.24) is 20.1 Å². The van der Waals surface area contributed by atoms with Gasteiger partial charge in [-0.15, -0.1) is 16.8 Å². The summed E-state index contributed by atoms with van der Waals surface area (Å²) in [6.45, 7) is 4.37. The number of benzene rings is 3. The minimum Gasteiger partial charge on any atom is -0.345 e. The van der Waals surface area contributed by atoms with Crippen molar-refractivity contribution in [2.45, 2.75) is 18.2 Å². The molecule has 0 bridgehead atoms. The van der Waals surface area contributed by atoms with E-state index in [1.54, 1.807) is 59.2 Å². The Kier molecular flexibility index (Phi) is 9.38. The molecule has 11 heteroatoms. The molecule has 9 nitrogen and oxygen atoms in total. The van der Waals surface area contributed by atoms with Crippen molar-refractivity contribution in [2.75, 3.05) is 11.1 Å². The van der Waals surface area contributed by atoms with Crippen LogP contribution >= 0.6 is 23.4 Å². The van der Waals surface area contributed by atoms with Gasteiger partial charge in [-0.25, -0.2) is 0 Å².